The monoisotopic (exact) mass is 492 g/mol. The van der Waals surface area contributed by atoms with Crippen molar-refractivity contribution in [2.24, 2.45) is 0 Å². The molecule has 6 nitrogen and oxygen atoms in total. The van der Waals surface area contributed by atoms with Crippen LogP contribution in [-0.4, -0.2) is 11.8 Å². The highest BCUT2D eigenvalue weighted by molar-refractivity contribution is 6.30. The summed E-state index contributed by atoms with van der Waals surface area (Å²) in [6.45, 7) is 0. The standard InChI is InChI=1S/C29H17ClN2O4/c30-23-13-9-20(10-14-23)28(27(33)19-5-2-1-3-6-19)36-29(34)21-11-15-24(16-12-21)35-26-8-4-7-22(17-31)25(26)18-32/h1-16,28H/t28-/m0/s1. The van der Waals surface area contributed by atoms with Gasteiger partial charge in [-0.15, -0.1) is 0 Å². The van der Waals surface area contributed by atoms with E-state index in [9.17, 15) is 20.1 Å². The van der Waals surface area contributed by atoms with Gasteiger partial charge in [-0.1, -0.05) is 60.1 Å². The Morgan fingerprint density at radius 2 is 1.44 bits per heavy atom. The average Bonchev–Trinajstić information content (AvgIpc) is 2.92. The molecule has 1 atom stereocenters. The number of Topliss-reactive ketones (excluding diaryl/α,β-unsaturated/α-hetero) is 1. The van der Waals surface area contributed by atoms with Gasteiger partial charge in [-0.05, 0) is 48.5 Å². The summed E-state index contributed by atoms with van der Waals surface area (Å²) in [5.41, 5.74) is 1.42. The summed E-state index contributed by atoms with van der Waals surface area (Å²) in [6.07, 6.45) is -1.17. The van der Waals surface area contributed by atoms with Gasteiger partial charge in [0.05, 0.1) is 11.1 Å². The third-order valence-electron chi connectivity index (χ3n) is 5.27. The maximum absolute atomic E-state index is 13.2. The van der Waals surface area contributed by atoms with Gasteiger partial charge in [0.15, 0.2) is 6.10 Å². The molecule has 4 aromatic carbocycles. The van der Waals surface area contributed by atoms with Gasteiger partial charge < -0.3 is 9.47 Å². The van der Waals surface area contributed by atoms with Crippen molar-refractivity contribution in [2.45, 2.75) is 6.10 Å². The van der Waals surface area contributed by atoms with Crippen LogP contribution < -0.4 is 4.74 Å². The fourth-order valence-electron chi connectivity index (χ4n) is 3.45. The molecule has 4 aromatic rings. The van der Waals surface area contributed by atoms with E-state index in [2.05, 4.69) is 0 Å². The topological polar surface area (TPSA) is 100 Å². The minimum Gasteiger partial charge on any atom is -0.456 e. The Bertz CT molecular complexity index is 1490. The minimum absolute atomic E-state index is 0.119. The van der Waals surface area contributed by atoms with E-state index in [1.54, 1.807) is 66.7 Å². The quantitative estimate of drug-likeness (QED) is 0.211. The molecule has 0 aliphatic rings. The SMILES string of the molecule is N#Cc1cccc(Oc2ccc(C(=O)O[C@H](C(=O)c3ccccc3)c3ccc(Cl)cc3)cc2)c1C#N. The third kappa shape index (κ3) is 5.42. The van der Waals surface area contributed by atoms with E-state index in [4.69, 9.17) is 21.1 Å². The van der Waals surface area contributed by atoms with Crippen molar-refractivity contribution < 1.29 is 19.1 Å². The van der Waals surface area contributed by atoms with Crippen molar-refractivity contribution in [1.29, 1.82) is 10.5 Å². The zero-order valence-corrected chi connectivity index (χ0v) is 19.5. The molecule has 4 rings (SSSR count). The lowest BCUT2D eigenvalue weighted by atomic mass is 9.99. The Morgan fingerprint density at radius 3 is 2.08 bits per heavy atom. The van der Waals surface area contributed by atoms with Gasteiger partial charge in [0.1, 0.15) is 29.2 Å². The summed E-state index contributed by atoms with van der Waals surface area (Å²) < 4.78 is 11.4. The number of rotatable bonds is 7. The first-order valence-corrected chi connectivity index (χ1v) is 11.1. The van der Waals surface area contributed by atoms with Crippen molar-refractivity contribution in [3.63, 3.8) is 0 Å². The number of hydrogen-bond donors (Lipinski definition) is 0. The number of halogens is 1. The number of ether oxygens (including phenoxy) is 2. The van der Waals surface area contributed by atoms with Crippen molar-refractivity contribution >= 4 is 23.4 Å². The van der Waals surface area contributed by atoms with Crippen LogP contribution in [0.25, 0.3) is 0 Å². The lowest BCUT2D eigenvalue weighted by Gasteiger charge is -2.18. The van der Waals surface area contributed by atoms with Crippen LogP contribution >= 0.6 is 11.6 Å². The van der Waals surface area contributed by atoms with Crippen LogP contribution in [0.1, 0.15) is 43.5 Å². The van der Waals surface area contributed by atoms with E-state index >= 15 is 0 Å². The van der Waals surface area contributed by atoms with E-state index in [-0.39, 0.29) is 28.2 Å². The number of carbonyl (C=O) groups is 2. The van der Waals surface area contributed by atoms with E-state index < -0.39 is 12.1 Å². The first-order valence-electron chi connectivity index (χ1n) is 10.8. The Hall–Kier alpha value is -4.91. The second kappa shape index (κ2) is 11.0. The second-order valence-corrected chi connectivity index (χ2v) is 8.03. The molecule has 0 N–H and O–H groups in total. The largest absolute Gasteiger partial charge is 0.456 e. The highest BCUT2D eigenvalue weighted by Gasteiger charge is 2.27. The maximum Gasteiger partial charge on any atom is 0.339 e. The molecule has 0 heterocycles. The highest BCUT2D eigenvalue weighted by Crippen LogP contribution is 2.29. The molecule has 0 fully saturated rings. The molecule has 0 unspecified atom stereocenters. The molecule has 0 bridgehead atoms. The van der Waals surface area contributed by atoms with Crippen LogP contribution in [0.2, 0.25) is 5.02 Å². The number of benzene rings is 4. The first kappa shape index (κ1) is 24.2. The van der Waals surface area contributed by atoms with Crippen molar-refractivity contribution in [2.75, 3.05) is 0 Å². The number of hydrogen-bond acceptors (Lipinski definition) is 6. The number of nitrogens with zero attached hydrogens (tertiary/aromatic N) is 2. The van der Waals surface area contributed by atoms with E-state index in [0.717, 1.165) is 0 Å². The maximum atomic E-state index is 13.2. The molecule has 0 radical (unpaired) electrons. The van der Waals surface area contributed by atoms with Crippen molar-refractivity contribution in [1.82, 2.24) is 0 Å². The van der Waals surface area contributed by atoms with E-state index in [0.29, 0.717) is 21.9 Å². The fourth-order valence-corrected chi connectivity index (χ4v) is 3.58. The predicted octanol–water partition coefficient (Wildman–Crippen LogP) is 6.66. The van der Waals surface area contributed by atoms with Gasteiger partial charge in [0.25, 0.3) is 0 Å². The van der Waals surface area contributed by atoms with Gasteiger partial charge in [-0.3, -0.25) is 4.79 Å². The Morgan fingerprint density at radius 1 is 0.750 bits per heavy atom. The zero-order chi connectivity index (χ0) is 25.5. The summed E-state index contributed by atoms with van der Waals surface area (Å²) in [7, 11) is 0. The Labute approximate surface area is 212 Å². The molecule has 0 saturated heterocycles. The number of carbonyl (C=O) groups excluding carboxylic acids is 2. The molecule has 7 heteroatoms. The van der Waals surface area contributed by atoms with Gasteiger partial charge in [-0.25, -0.2) is 4.79 Å². The molecule has 174 valence electrons. The Balaban J connectivity index is 1.55. The van der Waals surface area contributed by atoms with E-state index in [1.807, 2.05) is 12.1 Å². The van der Waals surface area contributed by atoms with Crippen LogP contribution in [0.5, 0.6) is 11.5 Å². The van der Waals surface area contributed by atoms with Gasteiger partial charge in [-0.2, -0.15) is 10.5 Å². The number of nitriles is 2. The predicted molar refractivity (Wildman–Crippen MR) is 133 cm³/mol. The molecule has 0 amide bonds. The molecular weight excluding hydrogens is 476 g/mol. The lowest BCUT2D eigenvalue weighted by Crippen LogP contribution is -2.20. The van der Waals surface area contributed by atoms with Gasteiger partial charge in [0, 0.05) is 16.1 Å². The van der Waals surface area contributed by atoms with Gasteiger partial charge >= 0.3 is 5.97 Å². The lowest BCUT2D eigenvalue weighted by molar-refractivity contribution is 0.0280. The summed E-state index contributed by atoms with van der Waals surface area (Å²) in [4.78, 5) is 26.2. The van der Waals surface area contributed by atoms with Gasteiger partial charge in [0.2, 0.25) is 5.78 Å². The molecule has 0 spiro atoms. The fraction of sp³-hybridized carbons (Fsp3) is 0.0345. The van der Waals surface area contributed by atoms with E-state index in [1.165, 1.54) is 30.3 Å². The minimum atomic E-state index is -1.17. The molecule has 36 heavy (non-hydrogen) atoms. The van der Waals surface area contributed by atoms with Crippen LogP contribution in [0, 0.1) is 22.7 Å². The van der Waals surface area contributed by atoms with Crippen LogP contribution in [0.3, 0.4) is 0 Å². The molecule has 0 aromatic heterocycles. The normalized spacial score (nSPS) is 11.0. The highest BCUT2D eigenvalue weighted by atomic mass is 35.5. The zero-order valence-electron chi connectivity index (χ0n) is 18.7. The molecule has 0 saturated carbocycles. The summed E-state index contributed by atoms with van der Waals surface area (Å²) in [6, 6.07) is 29.8. The third-order valence-corrected chi connectivity index (χ3v) is 5.52. The first-order chi connectivity index (χ1) is 17.5. The van der Waals surface area contributed by atoms with Crippen LogP contribution in [-0.2, 0) is 4.74 Å². The number of ketones is 1. The average molecular weight is 493 g/mol. The molecule has 0 aliphatic carbocycles. The smallest absolute Gasteiger partial charge is 0.339 e. The molecular formula is C29H17ClN2O4. The summed E-state index contributed by atoms with van der Waals surface area (Å²) >= 11 is 5.99. The second-order valence-electron chi connectivity index (χ2n) is 7.60. The van der Waals surface area contributed by atoms with Crippen LogP contribution in [0.15, 0.2) is 97.1 Å². The summed E-state index contributed by atoms with van der Waals surface area (Å²) in [5, 5.41) is 19.0. The van der Waals surface area contributed by atoms with Crippen molar-refractivity contribution in [3.8, 4) is 23.6 Å². The summed E-state index contributed by atoms with van der Waals surface area (Å²) in [5.74, 6) is -0.488. The molecule has 0 aliphatic heterocycles. The number of esters is 1. The van der Waals surface area contributed by atoms with Crippen LogP contribution in [0.4, 0.5) is 0 Å². The Kier molecular flexibility index (Phi) is 7.41. The van der Waals surface area contributed by atoms with Crippen molar-refractivity contribution in [3.05, 3.63) is 130 Å².